The molecule has 3 heterocycles. The standard InChI is InChI=1S/C21H24N4O/c1-3-25-14-16(13-22-25)20-12-18(17-6-4-5-7-19(17)23-20)21(26)24-10-8-15(2)9-11-24/h4-7,12-15H,3,8-11H2,1-2H3. The Balaban J connectivity index is 1.78. The van der Waals surface area contributed by atoms with Gasteiger partial charge in [-0.15, -0.1) is 0 Å². The molecule has 134 valence electrons. The van der Waals surface area contributed by atoms with Gasteiger partial charge in [-0.05, 0) is 37.8 Å². The Kier molecular flexibility index (Phi) is 4.45. The summed E-state index contributed by atoms with van der Waals surface area (Å²) in [5.74, 6) is 0.809. The first-order chi connectivity index (χ1) is 12.7. The van der Waals surface area contributed by atoms with Crippen LogP contribution in [0.4, 0.5) is 0 Å². The average molecular weight is 348 g/mol. The maximum absolute atomic E-state index is 13.2. The number of benzene rings is 1. The van der Waals surface area contributed by atoms with Crippen LogP contribution in [0.2, 0.25) is 0 Å². The number of amides is 1. The van der Waals surface area contributed by atoms with Gasteiger partial charge in [-0.3, -0.25) is 9.48 Å². The fourth-order valence-electron chi connectivity index (χ4n) is 3.55. The van der Waals surface area contributed by atoms with Gasteiger partial charge in [-0.2, -0.15) is 5.10 Å². The largest absolute Gasteiger partial charge is 0.339 e. The van der Waals surface area contributed by atoms with Gasteiger partial charge in [0.2, 0.25) is 0 Å². The van der Waals surface area contributed by atoms with Crippen LogP contribution in [0.3, 0.4) is 0 Å². The molecule has 2 aromatic heterocycles. The number of aromatic nitrogens is 3. The fraction of sp³-hybridized carbons (Fsp3) is 0.381. The molecule has 1 aliphatic rings. The van der Waals surface area contributed by atoms with Crippen LogP contribution in [-0.4, -0.2) is 38.7 Å². The molecule has 0 radical (unpaired) electrons. The Bertz CT molecular complexity index is 938. The minimum absolute atomic E-state index is 0.111. The highest BCUT2D eigenvalue weighted by atomic mass is 16.2. The number of carbonyl (C=O) groups excluding carboxylic acids is 1. The molecule has 1 aliphatic heterocycles. The van der Waals surface area contributed by atoms with Crippen LogP contribution in [0.15, 0.2) is 42.7 Å². The van der Waals surface area contributed by atoms with Crippen LogP contribution >= 0.6 is 0 Å². The first-order valence-corrected chi connectivity index (χ1v) is 9.37. The summed E-state index contributed by atoms with van der Waals surface area (Å²) in [6, 6.07) is 9.82. The molecule has 0 aliphatic carbocycles. The van der Waals surface area contributed by atoms with Crippen molar-refractivity contribution in [3.8, 4) is 11.3 Å². The van der Waals surface area contributed by atoms with Crippen molar-refractivity contribution in [1.29, 1.82) is 0 Å². The number of rotatable bonds is 3. The van der Waals surface area contributed by atoms with E-state index in [1.165, 1.54) is 0 Å². The number of hydrogen-bond acceptors (Lipinski definition) is 3. The molecule has 0 saturated carbocycles. The summed E-state index contributed by atoms with van der Waals surface area (Å²) in [4.78, 5) is 20.0. The van der Waals surface area contributed by atoms with Crippen LogP contribution in [-0.2, 0) is 6.54 Å². The summed E-state index contributed by atoms with van der Waals surface area (Å²) in [6.45, 7) is 6.79. The Labute approximate surface area is 153 Å². The number of para-hydroxylation sites is 1. The zero-order valence-electron chi connectivity index (χ0n) is 15.4. The number of carbonyl (C=O) groups is 1. The van der Waals surface area contributed by atoms with Gasteiger partial charge in [-0.1, -0.05) is 25.1 Å². The SMILES string of the molecule is CCn1cc(-c2cc(C(=O)N3CCC(C)CC3)c3ccccc3n2)cn1. The second-order valence-corrected chi connectivity index (χ2v) is 7.13. The van der Waals surface area contributed by atoms with Crippen LogP contribution < -0.4 is 0 Å². The topological polar surface area (TPSA) is 51.0 Å². The Morgan fingerprint density at radius 2 is 2.00 bits per heavy atom. The number of piperidine rings is 1. The summed E-state index contributed by atoms with van der Waals surface area (Å²) in [5.41, 5.74) is 3.34. The second-order valence-electron chi connectivity index (χ2n) is 7.13. The Morgan fingerprint density at radius 1 is 1.23 bits per heavy atom. The lowest BCUT2D eigenvalue weighted by atomic mass is 9.97. The summed E-state index contributed by atoms with van der Waals surface area (Å²) in [6.07, 6.45) is 5.95. The van der Waals surface area contributed by atoms with Crippen LogP contribution in [0.1, 0.15) is 37.0 Å². The van der Waals surface area contributed by atoms with E-state index in [1.54, 1.807) is 0 Å². The maximum atomic E-state index is 13.2. The molecule has 5 nitrogen and oxygen atoms in total. The number of nitrogens with zero attached hydrogens (tertiary/aromatic N) is 4. The summed E-state index contributed by atoms with van der Waals surface area (Å²) < 4.78 is 1.87. The van der Waals surface area contributed by atoms with Crippen molar-refractivity contribution in [3.63, 3.8) is 0 Å². The smallest absolute Gasteiger partial charge is 0.254 e. The van der Waals surface area contributed by atoms with Gasteiger partial charge in [0.1, 0.15) is 0 Å². The first kappa shape index (κ1) is 16.8. The van der Waals surface area contributed by atoms with E-state index < -0.39 is 0 Å². The molecule has 26 heavy (non-hydrogen) atoms. The van der Waals surface area contributed by atoms with Crippen molar-refractivity contribution in [2.24, 2.45) is 5.92 Å². The molecule has 0 unspecified atom stereocenters. The van der Waals surface area contributed by atoms with Gasteiger partial charge in [0, 0.05) is 36.8 Å². The average Bonchev–Trinajstić information content (AvgIpc) is 3.16. The molecule has 1 saturated heterocycles. The predicted molar refractivity (Wildman–Crippen MR) is 103 cm³/mol. The maximum Gasteiger partial charge on any atom is 0.254 e. The van der Waals surface area contributed by atoms with Crippen molar-refractivity contribution < 1.29 is 4.79 Å². The van der Waals surface area contributed by atoms with Gasteiger partial charge >= 0.3 is 0 Å². The molecular formula is C21H24N4O. The third-order valence-electron chi connectivity index (χ3n) is 5.27. The number of aryl methyl sites for hydroxylation is 1. The van der Waals surface area contributed by atoms with Crippen molar-refractivity contribution in [2.75, 3.05) is 13.1 Å². The monoisotopic (exact) mass is 348 g/mol. The molecule has 0 spiro atoms. The quantitative estimate of drug-likeness (QED) is 0.719. The van der Waals surface area contributed by atoms with E-state index in [2.05, 4.69) is 18.9 Å². The lowest BCUT2D eigenvalue weighted by molar-refractivity contribution is 0.0699. The molecule has 5 heteroatoms. The van der Waals surface area contributed by atoms with E-state index in [0.717, 1.165) is 60.2 Å². The number of likely N-dealkylation sites (tertiary alicyclic amines) is 1. The van der Waals surface area contributed by atoms with E-state index in [1.807, 2.05) is 52.3 Å². The van der Waals surface area contributed by atoms with Gasteiger partial charge in [0.25, 0.3) is 5.91 Å². The van der Waals surface area contributed by atoms with E-state index in [9.17, 15) is 4.79 Å². The molecule has 1 amide bonds. The molecule has 0 atom stereocenters. The molecule has 0 bridgehead atoms. The van der Waals surface area contributed by atoms with Crippen molar-refractivity contribution in [3.05, 3.63) is 48.3 Å². The summed E-state index contributed by atoms with van der Waals surface area (Å²) >= 11 is 0. The second kappa shape index (κ2) is 6.90. The van der Waals surface area contributed by atoms with Crippen LogP contribution in [0, 0.1) is 5.92 Å². The number of hydrogen-bond donors (Lipinski definition) is 0. The summed E-state index contributed by atoms with van der Waals surface area (Å²) in [7, 11) is 0. The number of pyridine rings is 1. The van der Waals surface area contributed by atoms with Crippen molar-refractivity contribution >= 4 is 16.8 Å². The molecule has 0 N–H and O–H groups in total. The fourth-order valence-corrected chi connectivity index (χ4v) is 3.55. The third kappa shape index (κ3) is 3.09. The first-order valence-electron chi connectivity index (χ1n) is 9.37. The highest BCUT2D eigenvalue weighted by Crippen LogP contribution is 2.27. The molecule has 1 aromatic carbocycles. The lowest BCUT2D eigenvalue weighted by Crippen LogP contribution is -2.38. The molecule has 3 aromatic rings. The van der Waals surface area contributed by atoms with Gasteiger partial charge in [-0.25, -0.2) is 4.98 Å². The summed E-state index contributed by atoms with van der Waals surface area (Å²) in [5, 5.41) is 5.26. The van der Waals surface area contributed by atoms with E-state index in [-0.39, 0.29) is 5.91 Å². The van der Waals surface area contributed by atoms with E-state index in [4.69, 9.17) is 4.98 Å². The number of fused-ring (bicyclic) bond motifs is 1. The van der Waals surface area contributed by atoms with E-state index >= 15 is 0 Å². The zero-order chi connectivity index (χ0) is 18.1. The Hall–Kier alpha value is -2.69. The van der Waals surface area contributed by atoms with Crippen LogP contribution in [0.25, 0.3) is 22.2 Å². The van der Waals surface area contributed by atoms with Crippen molar-refractivity contribution in [2.45, 2.75) is 33.2 Å². The van der Waals surface area contributed by atoms with Gasteiger partial charge in [0.05, 0.1) is 23.0 Å². The molecular weight excluding hydrogens is 324 g/mol. The minimum Gasteiger partial charge on any atom is -0.339 e. The predicted octanol–water partition coefficient (Wildman–Crippen LogP) is 3.99. The van der Waals surface area contributed by atoms with Gasteiger partial charge in [0.15, 0.2) is 0 Å². The molecule has 1 fully saturated rings. The van der Waals surface area contributed by atoms with Crippen LogP contribution in [0.5, 0.6) is 0 Å². The van der Waals surface area contributed by atoms with Gasteiger partial charge < -0.3 is 4.90 Å². The Morgan fingerprint density at radius 3 is 2.73 bits per heavy atom. The lowest BCUT2D eigenvalue weighted by Gasteiger charge is -2.30. The highest BCUT2D eigenvalue weighted by molar-refractivity contribution is 6.07. The van der Waals surface area contributed by atoms with Crippen molar-refractivity contribution in [1.82, 2.24) is 19.7 Å². The zero-order valence-corrected chi connectivity index (χ0v) is 15.4. The third-order valence-corrected chi connectivity index (χ3v) is 5.27. The highest BCUT2D eigenvalue weighted by Gasteiger charge is 2.23. The van der Waals surface area contributed by atoms with E-state index in [0.29, 0.717) is 5.92 Å². The molecule has 4 rings (SSSR count). The normalized spacial score (nSPS) is 15.5. The minimum atomic E-state index is 0.111.